The molecule has 0 radical (unpaired) electrons. The zero-order chi connectivity index (χ0) is 15.3. The molecule has 0 bridgehead atoms. The number of rotatable bonds is 12. The smallest absolute Gasteiger partial charge is 0.127 e. The highest BCUT2D eigenvalue weighted by Gasteiger charge is 2.06. The molecule has 0 spiro atoms. The number of hydrogen-bond donors (Lipinski definition) is 1. The van der Waals surface area contributed by atoms with Crippen LogP contribution in [0.2, 0.25) is 0 Å². The van der Waals surface area contributed by atoms with Crippen molar-refractivity contribution in [2.45, 2.75) is 19.9 Å². The Labute approximate surface area is 127 Å². The summed E-state index contributed by atoms with van der Waals surface area (Å²) in [7, 11) is 3.31. The Kier molecular flexibility index (Phi) is 9.61. The van der Waals surface area contributed by atoms with E-state index in [9.17, 15) is 0 Å². The third-order valence-corrected chi connectivity index (χ3v) is 2.93. The van der Waals surface area contributed by atoms with E-state index in [0.29, 0.717) is 26.4 Å². The van der Waals surface area contributed by atoms with E-state index in [2.05, 4.69) is 12.2 Å². The van der Waals surface area contributed by atoms with Crippen LogP contribution < -0.4 is 14.8 Å². The molecule has 0 aliphatic rings. The average Bonchev–Trinajstić information content (AvgIpc) is 2.52. The second-order valence-electron chi connectivity index (χ2n) is 4.60. The van der Waals surface area contributed by atoms with Crippen LogP contribution in [-0.4, -0.2) is 47.2 Å². The summed E-state index contributed by atoms with van der Waals surface area (Å²) in [5, 5.41) is 3.38. The van der Waals surface area contributed by atoms with E-state index in [1.54, 1.807) is 14.2 Å². The van der Waals surface area contributed by atoms with Crippen LogP contribution in [-0.2, 0) is 16.0 Å². The van der Waals surface area contributed by atoms with Gasteiger partial charge < -0.3 is 24.3 Å². The fraction of sp³-hybridized carbons (Fsp3) is 0.625. The standard InChI is InChI=1S/C16H27NO4/c1-4-7-17-13-14-5-6-15(19-3)12-16(14)21-11-10-20-9-8-18-2/h5-6,12,17H,4,7-11,13H2,1-3H3. The lowest BCUT2D eigenvalue weighted by Crippen LogP contribution is -2.16. The largest absolute Gasteiger partial charge is 0.497 e. The Balaban J connectivity index is 2.47. The molecule has 0 fully saturated rings. The molecule has 0 aromatic heterocycles. The molecule has 1 N–H and O–H groups in total. The van der Waals surface area contributed by atoms with Gasteiger partial charge in [0.25, 0.3) is 0 Å². The van der Waals surface area contributed by atoms with Crippen molar-refractivity contribution in [3.63, 3.8) is 0 Å². The Morgan fingerprint density at radius 3 is 2.57 bits per heavy atom. The lowest BCUT2D eigenvalue weighted by Gasteiger charge is -2.13. The molecule has 1 aromatic rings. The predicted octanol–water partition coefficient (Wildman–Crippen LogP) is 2.24. The molecule has 5 nitrogen and oxygen atoms in total. The van der Waals surface area contributed by atoms with Crippen molar-refractivity contribution in [3.8, 4) is 11.5 Å². The van der Waals surface area contributed by atoms with Gasteiger partial charge in [0, 0.05) is 25.3 Å². The molecule has 21 heavy (non-hydrogen) atoms. The number of benzene rings is 1. The van der Waals surface area contributed by atoms with Crippen molar-refractivity contribution in [1.29, 1.82) is 0 Å². The first-order valence-corrected chi connectivity index (χ1v) is 7.39. The van der Waals surface area contributed by atoms with Crippen molar-refractivity contribution >= 4 is 0 Å². The molecule has 120 valence electrons. The SMILES string of the molecule is CCCNCc1ccc(OC)cc1OCCOCCOC. The first-order valence-electron chi connectivity index (χ1n) is 7.39. The number of nitrogens with one attached hydrogen (secondary N) is 1. The number of ether oxygens (including phenoxy) is 4. The zero-order valence-electron chi connectivity index (χ0n) is 13.3. The molecule has 1 rings (SSSR count). The Morgan fingerprint density at radius 1 is 1.05 bits per heavy atom. The van der Waals surface area contributed by atoms with E-state index >= 15 is 0 Å². The molecule has 0 amide bonds. The van der Waals surface area contributed by atoms with E-state index in [0.717, 1.165) is 36.6 Å². The minimum absolute atomic E-state index is 0.512. The molecule has 0 heterocycles. The maximum absolute atomic E-state index is 5.80. The summed E-state index contributed by atoms with van der Waals surface area (Å²) in [6.45, 7) is 6.17. The second kappa shape index (κ2) is 11.4. The Bertz CT molecular complexity index is 385. The van der Waals surface area contributed by atoms with Crippen molar-refractivity contribution in [2.75, 3.05) is 47.2 Å². The van der Waals surface area contributed by atoms with Crippen LogP contribution in [0, 0.1) is 0 Å². The highest BCUT2D eigenvalue weighted by atomic mass is 16.5. The predicted molar refractivity (Wildman–Crippen MR) is 83.2 cm³/mol. The molecule has 1 aromatic carbocycles. The lowest BCUT2D eigenvalue weighted by molar-refractivity contribution is 0.0542. The summed E-state index contributed by atoms with van der Waals surface area (Å²) in [5.41, 5.74) is 1.13. The highest BCUT2D eigenvalue weighted by Crippen LogP contribution is 2.24. The quantitative estimate of drug-likeness (QED) is 0.600. The molecular weight excluding hydrogens is 270 g/mol. The van der Waals surface area contributed by atoms with Gasteiger partial charge in [0.2, 0.25) is 0 Å². The summed E-state index contributed by atoms with van der Waals surface area (Å²) in [6.07, 6.45) is 1.11. The first kappa shape index (κ1) is 17.8. The van der Waals surface area contributed by atoms with Gasteiger partial charge in [0.15, 0.2) is 0 Å². The molecule has 0 unspecified atom stereocenters. The van der Waals surface area contributed by atoms with Crippen molar-refractivity contribution < 1.29 is 18.9 Å². The molecule has 0 atom stereocenters. The van der Waals surface area contributed by atoms with E-state index in [1.165, 1.54) is 0 Å². The summed E-state index contributed by atoms with van der Waals surface area (Å²) in [6, 6.07) is 5.89. The van der Waals surface area contributed by atoms with E-state index in [1.807, 2.05) is 18.2 Å². The second-order valence-corrected chi connectivity index (χ2v) is 4.60. The van der Waals surface area contributed by atoms with Crippen LogP contribution in [0.25, 0.3) is 0 Å². The Morgan fingerprint density at radius 2 is 1.86 bits per heavy atom. The molecule has 0 saturated carbocycles. The number of methoxy groups -OCH3 is 2. The van der Waals surface area contributed by atoms with Crippen LogP contribution in [0.5, 0.6) is 11.5 Å². The van der Waals surface area contributed by atoms with Crippen LogP contribution in [0.1, 0.15) is 18.9 Å². The highest BCUT2D eigenvalue weighted by molar-refractivity contribution is 5.40. The summed E-state index contributed by atoms with van der Waals surface area (Å²) >= 11 is 0. The third-order valence-electron chi connectivity index (χ3n) is 2.93. The van der Waals surface area contributed by atoms with Gasteiger partial charge in [-0.05, 0) is 19.0 Å². The van der Waals surface area contributed by atoms with Gasteiger partial charge in [0.1, 0.15) is 18.1 Å². The first-order chi connectivity index (χ1) is 10.3. The lowest BCUT2D eigenvalue weighted by atomic mass is 10.2. The van der Waals surface area contributed by atoms with Crippen LogP contribution in [0.15, 0.2) is 18.2 Å². The van der Waals surface area contributed by atoms with Gasteiger partial charge in [0.05, 0.1) is 26.9 Å². The average molecular weight is 297 g/mol. The van der Waals surface area contributed by atoms with Gasteiger partial charge in [-0.15, -0.1) is 0 Å². The fourth-order valence-corrected chi connectivity index (χ4v) is 1.80. The molecule has 0 aliphatic carbocycles. The topological polar surface area (TPSA) is 49.0 Å². The van der Waals surface area contributed by atoms with E-state index in [4.69, 9.17) is 18.9 Å². The number of hydrogen-bond acceptors (Lipinski definition) is 5. The van der Waals surface area contributed by atoms with Crippen molar-refractivity contribution in [2.24, 2.45) is 0 Å². The monoisotopic (exact) mass is 297 g/mol. The third kappa shape index (κ3) is 7.32. The maximum atomic E-state index is 5.80. The van der Waals surface area contributed by atoms with Crippen LogP contribution in [0.3, 0.4) is 0 Å². The molecule has 0 saturated heterocycles. The van der Waals surface area contributed by atoms with Crippen molar-refractivity contribution in [1.82, 2.24) is 5.32 Å². The van der Waals surface area contributed by atoms with Gasteiger partial charge in [-0.3, -0.25) is 0 Å². The normalized spacial score (nSPS) is 10.6. The zero-order valence-corrected chi connectivity index (χ0v) is 13.3. The van der Waals surface area contributed by atoms with Gasteiger partial charge in [-0.25, -0.2) is 0 Å². The molecule has 5 heteroatoms. The van der Waals surface area contributed by atoms with Gasteiger partial charge in [-0.2, -0.15) is 0 Å². The molecular formula is C16H27NO4. The maximum Gasteiger partial charge on any atom is 0.127 e. The van der Waals surface area contributed by atoms with Gasteiger partial charge >= 0.3 is 0 Å². The summed E-state index contributed by atoms with van der Waals surface area (Å²) in [4.78, 5) is 0. The van der Waals surface area contributed by atoms with Gasteiger partial charge in [-0.1, -0.05) is 13.0 Å². The van der Waals surface area contributed by atoms with E-state index in [-0.39, 0.29) is 0 Å². The minimum atomic E-state index is 0.512. The van der Waals surface area contributed by atoms with Crippen LogP contribution in [0.4, 0.5) is 0 Å². The van der Waals surface area contributed by atoms with Crippen LogP contribution >= 0.6 is 0 Å². The summed E-state index contributed by atoms with van der Waals surface area (Å²) in [5.74, 6) is 1.64. The summed E-state index contributed by atoms with van der Waals surface area (Å²) < 4.78 is 21.4. The Hall–Kier alpha value is -1.30. The van der Waals surface area contributed by atoms with E-state index < -0.39 is 0 Å². The molecule has 0 aliphatic heterocycles. The minimum Gasteiger partial charge on any atom is -0.497 e. The van der Waals surface area contributed by atoms with Crippen molar-refractivity contribution in [3.05, 3.63) is 23.8 Å². The fourth-order valence-electron chi connectivity index (χ4n) is 1.80.